The van der Waals surface area contributed by atoms with Crippen LogP contribution in [0.3, 0.4) is 0 Å². The van der Waals surface area contributed by atoms with Gasteiger partial charge >= 0.3 is 0 Å². The lowest BCUT2D eigenvalue weighted by Crippen LogP contribution is -2.35. The van der Waals surface area contributed by atoms with Crippen molar-refractivity contribution >= 4 is 34.3 Å². The van der Waals surface area contributed by atoms with Crippen LogP contribution in [-0.4, -0.2) is 25.6 Å². The molecule has 0 N–H and O–H groups in total. The van der Waals surface area contributed by atoms with Crippen LogP contribution in [0.4, 0.5) is 11.4 Å². The van der Waals surface area contributed by atoms with Crippen LogP contribution in [0.2, 0.25) is 0 Å². The summed E-state index contributed by atoms with van der Waals surface area (Å²) >= 11 is 0. The third kappa shape index (κ3) is 1.45. The fraction of sp³-hybridized carbons (Fsp3) is 0.250. The van der Waals surface area contributed by atoms with Gasteiger partial charge in [-0.25, -0.2) is 0 Å². The van der Waals surface area contributed by atoms with Gasteiger partial charge in [0.1, 0.15) is 0 Å². The summed E-state index contributed by atoms with van der Waals surface area (Å²) in [5.41, 5.74) is 2.52. The van der Waals surface area contributed by atoms with E-state index in [1.807, 2.05) is 6.08 Å². The van der Waals surface area contributed by atoms with E-state index in [0.29, 0.717) is 0 Å². The molecular weight excluding hydrogens is 266 g/mol. The number of hydrogen-bond donors (Lipinski definition) is 0. The molecule has 0 atom stereocenters. The molecule has 0 saturated carbocycles. The number of fused-ring (bicyclic) bond motifs is 3. The minimum Gasteiger partial charge on any atom is -0.308 e. The highest BCUT2D eigenvalue weighted by atomic mass is 79.9. The van der Waals surface area contributed by atoms with E-state index in [-0.39, 0.29) is 17.0 Å². The Morgan fingerprint density at radius 3 is 2.81 bits per heavy atom. The number of rotatable bonds is 2. The molecule has 4 heteroatoms. The quantitative estimate of drug-likeness (QED) is 0.775. The van der Waals surface area contributed by atoms with Gasteiger partial charge in [-0.15, -0.1) is 23.6 Å². The van der Waals surface area contributed by atoms with Crippen molar-refractivity contribution in [2.75, 3.05) is 29.4 Å². The monoisotopic (exact) mass is 279 g/mol. The van der Waals surface area contributed by atoms with Gasteiger partial charge in [0.15, 0.2) is 0 Å². The summed E-state index contributed by atoms with van der Waals surface area (Å²) < 4.78 is 0. The highest BCUT2D eigenvalue weighted by Gasteiger charge is 2.33. The smallest absolute Gasteiger partial charge is 0.206 e. The highest BCUT2D eigenvalue weighted by Crippen LogP contribution is 2.38. The number of guanidine groups is 1. The maximum Gasteiger partial charge on any atom is 0.206 e. The number of nitrogens with zero attached hydrogens (tertiary/aromatic N) is 3. The second kappa shape index (κ2) is 4.29. The zero-order valence-corrected chi connectivity index (χ0v) is 10.7. The molecule has 2 aliphatic rings. The van der Waals surface area contributed by atoms with Gasteiger partial charge in [0, 0.05) is 13.1 Å². The zero-order valence-electron chi connectivity index (χ0n) is 8.97. The summed E-state index contributed by atoms with van der Waals surface area (Å²) in [4.78, 5) is 9.03. The number of benzene rings is 1. The zero-order chi connectivity index (χ0) is 10.3. The van der Waals surface area contributed by atoms with Gasteiger partial charge in [-0.05, 0) is 12.1 Å². The van der Waals surface area contributed by atoms with E-state index in [1.165, 1.54) is 11.4 Å². The van der Waals surface area contributed by atoms with Gasteiger partial charge in [-0.3, -0.25) is 4.99 Å². The Labute approximate surface area is 106 Å². The Balaban J connectivity index is 0.000000963. The number of aliphatic imine (C=N–C) groups is 1. The van der Waals surface area contributed by atoms with Crippen LogP contribution in [0.5, 0.6) is 0 Å². The molecule has 0 unspecified atom stereocenters. The summed E-state index contributed by atoms with van der Waals surface area (Å²) in [6.45, 7) is 6.52. The van der Waals surface area contributed by atoms with Gasteiger partial charge in [0.05, 0.1) is 17.9 Å². The SMILES string of the molecule is Br.C=CCN1C2=NCCN2c2ccccc21. The van der Waals surface area contributed by atoms with Crippen LogP contribution in [0.25, 0.3) is 0 Å². The van der Waals surface area contributed by atoms with Crippen molar-refractivity contribution in [1.82, 2.24) is 0 Å². The van der Waals surface area contributed by atoms with E-state index >= 15 is 0 Å². The molecule has 1 aromatic rings. The average Bonchev–Trinajstić information content (AvgIpc) is 2.82. The van der Waals surface area contributed by atoms with Crippen LogP contribution in [0.1, 0.15) is 0 Å². The van der Waals surface area contributed by atoms with Crippen molar-refractivity contribution in [3.63, 3.8) is 0 Å². The first-order valence-electron chi connectivity index (χ1n) is 5.21. The van der Waals surface area contributed by atoms with Crippen molar-refractivity contribution < 1.29 is 0 Å². The lowest BCUT2D eigenvalue weighted by molar-refractivity contribution is 1.03. The van der Waals surface area contributed by atoms with Crippen LogP contribution in [-0.2, 0) is 0 Å². The fourth-order valence-electron chi connectivity index (χ4n) is 2.23. The van der Waals surface area contributed by atoms with E-state index in [1.54, 1.807) is 0 Å². The minimum atomic E-state index is 0. The van der Waals surface area contributed by atoms with E-state index < -0.39 is 0 Å². The second-order valence-electron chi connectivity index (χ2n) is 3.72. The molecule has 3 nitrogen and oxygen atoms in total. The third-order valence-corrected chi connectivity index (χ3v) is 2.83. The summed E-state index contributed by atoms with van der Waals surface area (Å²) in [5.74, 6) is 1.08. The van der Waals surface area contributed by atoms with Crippen molar-refractivity contribution in [2.24, 2.45) is 4.99 Å². The van der Waals surface area contributed by atoms with Crippen molar-refractivity contribution in [3.05, 3.63) is 36.9 Å². The predicted octanol–water partition coefficient (Wildman–Crippen LogP) is 2.45. The molecule has 0 fully saturated rings. The van der Waals surface area contributed by atoms with E-state index in [2.05, 4.69) is 45.6 Å². The van der Waals surface area contributed by atoms with Gasteiger partial charge in [-0.2, -0.15) is 0 Å². The molecule has 16 heavy (non-hydrogen) atoms. The Hall–Kier alpha value is -1.29. The number of hydrogen-bond acceptors (Lipinski definition) is 3. The molecule has 0 saturated heterocycles. The van der Waals surface area contributed by atoms with Crippen LogP contribution >= 0.6 is 17.0 Å². The van der Waals surface area contributed by atoms with Gasteiger partial charge in [-0.1, -0.05) is 18.2 Å². The minimum absolute atomic E-state index is 0. The maximum atomic E-state index is 4.53. The molecule has 84 valence electrons. The average molecular weight is 280 g/mol. The topological polar surface area (TPSA) is 18.8 Å². The molecule has 2 aliphatic heterocycles. The Kier molecular flexibility index (Phi) is 3.01. The first-order valence-corrected chi connectivity index (χ1v) is 5.21. The van der Waals surface area contributed by atoms with Crippen molar-refractivity contribution in [1.29, 1.82) is 0 Å². The normalized spacial score (nSPS) is 16.4. The lowest BCUT2D eigenvalue weighted by Gasteiger charge is -2.17. The Morgan fingerprint density at radius 2 is 2.06 bits per heavy atom. The van der Waals surface area contributed by atoms with Gasteiger partial charge in [0.2, 0.25) is 5.96 Å². The van der Waals surface area contributed by atoms with Crippen molar-refractivity contribution in [3.8, 4) is 0 Å². The van der Waals surface area contributed by atoms with E-state index in [0.717, 1.165) is 25.6 Å². The summed E-state index contributed by atoms with van der Waals surface area (Å²) in [6, 6.07) is 8.43. The standard InChI is InChI=1S/C12H13N3.BrH/c1-2-8-14-10-5-3-4-6-11(10)15-9-7-13-12(14)15;/h2-6H,1,7-9H2;1H. The predicted molar refractivity (Wildman–Crippen MR) is 74.0 cm³/mol. The largest absolute Gasteiger partial charge is 0.308 e. The second-order valence-corrected chi connectivity index (χ2v) is 3.72. The highest BCUT2D eigenvalue weighted by molar-refractivity contribution is 8.93. The molecule has 0 aromatic heterocycles. The molecule has 0 bridgehead atoms. The number of anilines is 2. The number of para-hydroxylation sites is 2. The molecule has 0 radical (unpaired) electrons. The molecule has 0 aliphatic carbocycles. The summed E-state index contributed by atoms with van der Waals surface area (Å²) in [5, 5.41) is 0. The maximum absolute atomic E-state index is 4.53. The van der Waals surface area contributed by atoms with Gasteiger partial charge < -0.3 is 9.80 Å². The molecule has 0 amide bonds. The van der Waals surface area contributed by atoms with Crippen LogP contribution < -0.4 is 9.80 Å². The molecule has 1 aromatic carbocycles. The Bertz CT molecular complexity index is 442. The summed E-state index contributed by atoms with van der Waals surface area (Å²) in [7, 11) is 0. The fourth-order valence-corrected chi connectivity index (χ4v) is 2.23. The van der Waals surface area contributed by atoms with Gasteiger partial charge in [0.25, 0.3) is 0 Å². The lowest BCUT2D eigenvalue weighted by atomic mass is 10.2. The first-order chi connectivity index (χ1) is 7.42. The molecule has 0 spiro atoms. The van der Waals surface area contributed by atoms with Crippen molar-refractivity contribution in [2.45, 2.75) is 0 Å². The summed E-state index contributed by atoms with van der Waals surface area (Å²) in [6.07, 6.45) is 1.92. The van der Waals surface area contributed by atoms with Crippen LogP contribution in [0.15, 0.2) is 41.9 Å². The van der Waals surface area contributed by atoms with E-state index in [4.69, 9.17) is 0 Å². The van der Waals surface area contributed by atoms with E-state index in [9.17, 15) is 0 Å². The molecular formula is C12H14BrN3. The Morgan fingerprint density at radius 1 is 1.31 bits per heavy atom. The first kappa shape index (κ1) is 11.2. The molecule has 2 heterocycles. The number of halogens is 1. The molecule has 3 rings (SSSR count). The van der Waals surface area contributed by atoms with Crippen LogP contribution in [0, 0.1) is 0 Å². The third-order valence-electron chi connectivity index (χ3n) is 2.83.